The van der Waals surface area contributed by atoms with Crippen molar-refractivity contribution in [1.29, 1.82) is 0 Å². The molecule has 0 aliphatic carbocycles. The third-order valence-corrected chi connectivity index (χ3v) is 5.68. The molecule has 3 rings (SSSR count). The number of nitrogens with one attached hydrogen (secondary N) is 3. The van der Waals surface area contributed by atoms with E-state index in [1.165, 1.54) is 6.07 Å². The minimum Gasteiger partial charge on any atom is -0.481 e. The standard InChI is InChI=1S/C18H18N4O6S/c1-7(9-6-19-15-14(9)17(26)21-8(2)20-15)11-3-4-12(29-11)16(25)22-10(18(27)28)5-13(23)24/h3-4,6-7,10H,5H2,1-2H3,(H,22,25)(H,23,24)(H,27,28)(H2,19,20,21,26)/t7?,10-/m0/s1. The summed E-state index contributed by atoms with van der Waals surface area (Å²) >= 11 is 1.14. The number of rotatable bonds is 7. The Labute approximate surface area is 167 Å². The number of carbonyl (C=O) groups is 3. The highest BCUT2D eigenvalue weighted by Crippen LogP contribution is 2.32. The van der Waals surface area contributed by atoms with Crippen LogP contribution < -0.4 is 10.9 Å². The van der Waals surface area contributed by atoms with E-state index < -0.39 is 30.3 Å². The summed E-state index contributed by atoms with van der Waals surface area (Å²) in [4.78, 5) is 57.5. The number of thiophene rings is 1. The number of carboxylic acids is 2. The van der Waals surface area contributed by atoms with Crippen LogP contribution in [0, 0.1) is 6.92 Å². The molecule has 0 saturated heterocycles. The molecule has 0 aliphatic heterocycles. The summed E-state index contributed by atoms with van der Waals surface area (Å²) in [5.41, 5.74) is 0.931. The fourth-order valence-corrected chi connectivity index (χ4v) is 3.96. The average Bonchev–Trinajstić information content (AvgIpc) is 3.27. The van der Waals surface area contributed by atoms with Gasteiger partial charge in [0.15, 0.2) is 0 Å². The molecule has 11 heteroatoms. The number of amides is 1. The van der Waals surface area contributed by atoms with Gasteiger partial charge in [0.2, 0.25) is 0 Å². The molecule has 1 amide bonds. The highest BCUT2D eigenvalue weighted by Gasteiger charge is 2.25. The molecule has 29 heavy (non-hydrogen) atoms. The molecule has 0 fully saturated rings. The minimum atomic E-state index is -1.52. The van der Waals surface area contributed by atoms with Crippen molar-refractivity contribution in [2.75, 3.05) is 0 Å². The molecule has 10 nitrogen and oxygen atoms in total. The van der Waals surface area contributed by atoms with Gasteiger partial charge in [-0.2, -0.15) is 0 Å². The van der Waals surface area contributed by atoms with Crippen LogP contribution in [0.1, 0.15) is 45.2 Å². The van der Waals surface area contributed by atoms with Gasteiger partial charge in [0.05, 0.1) is 16.7 Å². The van der Waals surface area contributed by atoms with Crippen LogP contribution in [-0.2, 0) is 9.59 Å². The Morgan fingerprint density at radius 2 is 2.00 bits per heavy atom. The smallest absolute Gasteiger partial charge is 0.326 e. The molecule has 1 unspecified atom stereocenters. The fourth-order valence-electron chi connectivity index (χ4n) is 2.98. The zero-order valence-electron chi connectivity index (χ0n) is 15.5. The largest absolute Gasteiger partial charge is 0.481 e. The summed E-state index contributed by atoms with van der Waals surface area (Å²) in [7, 11) is 0. The molecule has 2 atom stereocenters. The van der Waals surface area contributed by atoms with E-state index in [9.17, 15) is 19.2 Å². The third-order valence-electron chi connectivity index (χ3n) is 4.42. The number of nitrogens with zero attached hydrogens (tertiary/aromatic N) is 1. The quantitative estimate of drug-likeness (QED) is 0.387. The first kappa shape index (κ1) is 20.3. The van der Waals surface area contributed by atoms with E-state index in [0.717, 1.165) is 21.8 Å². The van der Waals surface area contributed by atoms with Crippen molar-refractivity contribution in [3.8, 4) is 0 Å². The lowest BCUT2D eigenvalue weighted by Crippen LogP contribution is -2.41. The zero-order valence-corrected chi connectivity index (χ0v) is 16.3. The van der Waals surface area contributed by atoms with Gasteiger partial charge < -0.3 is 25.5 Å². The lowest BCUT2D eigenvalue weighted by Gasteiger charge is -2.11. The molecule has 152 valence electrons. The Kier molecular flexibility index (Phi) is 5.50. The molecule has 3 heterocycles. The van der Waals surface area contributed by atoms with Gasteiger partial charge in [-0.1, -0.05) is 6.92 Å². The van der Waals surface area contributed by atoms with Gasteiger partial charge in [-0.25, -0.2) is 9.78 Å². The van der Waals surface area contributed by atoms with E-state index >= 15 is 0 Å². The van der Waals surface area contributed by atoms with Crippen LogP contribution in [0.5, 0.6) is 0 Å². The highest BCUT2D eigenvalue weighted by atomic mass is 32.1. The number of carbonyl (C=O) groups excluding carboxylic acids is 1. The van der Waals surface area contributed by atoms with Crippen molar-refractivity contribution in [2.24, 2.45) is 0 Å². The minimum absolute atomic E-state index is 0.227. The van der Waals surface area contributed by atoms with Gasteiger partial charge in [0.25, 0.3) is 11.5 Å². The second-order valence-corrected chi connectivity index (χ2v) is 7.62. The molecule has 0 saturated carbocycles. The monoisotopic (exact) mass is 418 g/mol. The molecule has 3 aromatic rings. The van der Waals surface area contributed by atoms with Crippen LogP contribution in [0.2, 0.25) is 0 Å². The van der Waals surface area contributed by atoms with E-state index in [1.807, 2.05) is 6.92 Å². The summed E-state index contributed by atoms with van der Waals surface area (Å²) in [5.74, 6) is -3.15. The van der Waals surface area contributed by atoms with Crippen molar-refractivity contribution >= 4 is 40.2 Å². The molecule has 3 aromatic heterocycles. The summed E-state index contributed by atoms with van der Waals surface area (Å²) in [6.07, 6.45) is 0.976. The molecular weight excluding hydrogens is 400 g/mol. The first-order valence-electron chi connectivity index (χ1n) is 8.60. The van der Waals surface area contributed by atoms with Crippen LogP contribution in [0.25, 0.3) is 11.0 Å². The van der Waals surface area contributed by atoms with Crippen molar-refractivity contribution in [3.05, 3.63) is 49.8 Å². The average molecular weight is 418 g/mol. The van der Waals surface area contributed by atoms with E-state index in [4.69, 9.17) is 10.2 Å². The van der Waals surface area contributed by atoms with Crippen molar-refractivity contribution in [3.63, 3.8) is 0 Å². The van der Waals surface area contributed by atoms with Crippen molar-refractivity contribution in [1.82, 2.24) is 20.3 Å². The Bertz CT molecular complexity index is 1160. The molecule has 0 aromatic carbocycles. The van der Waals surface area contributed by atoms with Gasteiger partial charge in [-0.05, 0) is 24.6 Å². The maximum Gasteiger partial charge on any atom is 0.326 e. The van der Waals surface area contributed by atoms with Gasteiger partial charge in [0.1, 0.15) is 17.5 Å². The number of fused-ring (bicyclic) bond motifs is 1. The number of aromatic amines is 2. The fraction of sp³-hybridized carbons (Fsp3) is 0.278. The number of aryl methyl sites for hydroxylation is 1. The Morgan fingerprint density at radius 3 is 2.66 bits per heavy atom. The molecule has 0 bridgehead atoms. The lowest BCUT2D eigenvalue weighted by atomic mass is 10.0. The number of aliphatic carboxylic acids is 2. The van der Waals surface area contributed by atoms with E-state index in [2.05, 4.69) is 20.3 Å². The van der Waals surface area contributed by atoms with Crippen LogP contribution in [0.4, 0.5) is 0 Å². The van der Waals surface area contributed by atoms with Crippen molar-refractivity contribution in [2.45, 2.75) is 32.2 Å². The second kappa shape index (κ2) is 7.87. The molecule has 0 spiro atoms. The summed E-state index contributed by atoms with van der Waals surface area (Å²) in [5, 5.41) is 20.5. The normalized spacial score (nSPS) is 13.2. The topological polar surface area (TPSA) is 165 Å². The van der Waals surface area contributed by atoms with Crippen LogP contribution >= 0.6 is 11.3 Å². The molecule has 0 radical (unpaired) electrons. The second-order valence-electron chi connectivity index (χ2n) is 6.50. The van der Waals surface area contributed by atoms with E-state index in [0.29, 0.717) is 16.9 Å². The zero-order chi connectivity index (χ0) is 21.3. The molecule has 0 aliphatic rings. The predicted molar refractivity (Wildman–Crippen MR) is 104 cm³/mol. The van der Waals surface area contributed by atoms with Crippen LogP contribution in [0.3, 0.4) is 0 Å². The Hall–Kier alpha value is -3.47. The number of hydrogen-bond acceptors (Lipinski definition) is 6. The number of aromatic nitrogens is 3. The first-order valence-corrected chi connectivity index (χ1v) is 9.42. The lowest BCUT2D eigenvalue weighted by molar-refractivity contribution is -0.145. The SMILES string of the molecule is Cc1nc2[nH]cc(C(C)c3ccc(C(=O)N[C@@H](CC(=O)O)C(=O)O)s3)c2c(=O)[nH]1. The van der Waals surface area contributed by atoms with Crippen LogP contribution in [0.15, 0.2) is 23.1 Å². The Morgan fingerprint density at radius 1 is 1.28 bits per heavy atom. The number of H-pyrrole nitrogens is 2. The molecular formula is C18H18N4O6S. The van der Waals surface area contributed by atoms with Crippen LogP contribution in [-0.4, -0.2) is 49.1 Å². The first-order chi connectivity index (χ1) is 13.7. The van der Waals surface area contributed by atoms with E-state index in [-0.39, 0.29) is 16.4 Å². The Balaban J connectivity index is 1.84. The van der Waals surface area contributed by atoms with E-state index in [1.54, 1.807) is 19.2 Å². The van der Waals surface area contributed by atoms with Gasteiger partial charge >= 0.3 is 11.9 Å². The maximum atomic E-state index is 12.3. The van der Waals surface area contributed by atoms with Crippen molar-refractivity contribution < 1.29 is 24.6 Å². The van der Waals surface area contributed by atoms with Gasteiger partial charge in [-0.3, -0.25) is 14.4 Å². The van der Waals surface area contributed by atoms with Gasteiger partial charge in [0, 0.05) is 17.0 Å². The summed E-state index contributed by atoms with van der Waals surface area (Å²) in [6.45, 7) is 3.56. The van der Waals surface area contributed by atoms with Gasteiger partial charge in [-0.15, -0.1) is 11.3 Å². The number of hydrogen-bond donors (Lipinski definition) is 5. The molecule has 5 N–H and O–H groups in total. The number of carboxylic acid groups (broad SMARTS) is 2. The maximum absolute atomic E-state index is 12.3. The highest BCUT2D eigenvalue weighted by molar-refractivity contribution is 7.14. The summed E-state index contributed by atoms with van der Waals surface area (Å²) in [6, 6.07) is 1.73. The predicted octanol–water partition coefficient (Wildman–Crippen LogP) is 1.43. The third kappa shape index (κ3) is 4.19. The summed E-state index contributed by atoms with van der Waals surface area (Å²) < 4.78 is 0.